The van der Waals surface area contributed by atoms with Crippen molar-refractivity contribution in [3.63, 3.8) is 0 Å². The van der Waals surface area contributed by atoms with Gasteiger partial charge in [0.2, 0.25) is 0 Å². The molecule has 0 bridgehead atoms. The number of rotatable bonds is 1. The molecule has 74 valence electrons. The van der Waals surface area contributed by atoms with Crippen molar-refractivity contribution in [3.8, 4) is 10.4 Å². The molecule has 0 unspecified atom stereocenters. The largest absolute Gasteiger partial charge is 0.304 e. The third kappa shape index (κ3) is 1.36. The van der Waals surface area contributed by atoms with Gasteiger partial charge in [-0.15, -0.1) is 11.3 Å². The van der Waals surface area contributed by atoms with Crippen LogP contribution in [0.4, 0.5) is 0 Å². The van der Waals surface area contributed by atoms with Crippen LogP contribution in [0.25, 0.3) is 16.1 Å². The van der Waals surface area contributed by atoms with Gasteiger partial charge in [0.15, 0.2) is 0 Å². The number of fused-ring (bicyclic) bond motifs is 1. The normalized spacial score (nSPS) is 11.0. The molecule has 0 radical (unpaired) electrons. The van der Waals surface area contributed by atoms with Gasteiger partial charge < -0.3 is 4.40 Å². The van der Waals surface area contributed by atoms with E-state index in [2.05, 4.69) is 52.2 Å². The lowest BCUT2D eigenvalue weighted by Gasteiger charge is -2.00. The first kappa shape index (κ1) is 8.68. The molecule has 0 fully saturated rings. The fourth-order valence-electron chi connectivity index (χ4n) is 1.69. The van der Waals surface area contributed by atoms with Crippen molar-refractivity contribution in [1.82, 2.24) is 9.38 Å². The molecule has 0 aliphatic carbocycles. The van der Waals surface area contributed by atoms with Crippen molar-refractivity contribution < 1.29 is 0 Å². The molecule has 0 saturated carbocycles. The maximum absolute atomic E-state index is 4.31. The predicted octanol–water partition coefficient (Wildman–Crippen LogP) is 3.37. The summed E-state index contributed by atoms with van der Waals surface area (Å²) in [6.07, 6.45) is 4.04. The van der Waals surface area contributed by atoms with E-state index in [0.717, 1.165) is 5.65 Å². The lowest BCUT2D eigenvalue weighted by atomic mass is 10.2. The van der Waals surface area contributed by atoms with Crippen LogP contribution in [0, 0.1) is 6.92 Å². The monoisotopic (exact) mass is 214 g/mol. The lowest BCUT2D eigenvalue weighted by molar-refractivity contribution is 1.11. The molecule has 3 heteroatoms. The van der Waals surface area contributed by atoms with Crippen molar-refractivity contribution in [2.75, 3.05) is 0 Å². The zero-order chi connectivity index (χ0) is 10.3. The summed E-state index contributed by atoms with van der Waals surface area (Å²) in [7, 11) is 0. The smallest absolute Gasteiger partial charge is 0.136 e. The number of pyridine rings is 1. The molecule has 0 atom stereocenters. The van der Waals surface area contributed by atoms with Crippen LogP contribution in [0.3, 0.4) is 0 Å². The van der Waals surface area contributed by atoms with Crippen LogP contribution in [0.15, 0.2) is 42.0 Å². The van der Waals surface area contributed by atoms with Crippen LogP contribution in [0.2, 0.25) is 0 Å². The fraction of sp³-hybridized carbons (Fsp3) is 0.0833. The summed E-state index contributed by atoms with van der Waals surface area (Å²) >= 11 is 1.76. The van der Waals surface area contributed by atoms with E-state index in [0.29, 0.717) is 0 Å². The van der Waals surface area contributed by atoms with Crippen molar-refractivity contribution in [2.45, 2.75) is 6.92 Å². The Hall–Kier alpha value is -1.61. The average molecular weight is 214 g/mol. The van der Waals surface area contributed by atoms with E-state index in [1.54, 1.807) is 11.3 Å². The van der Waals surface area contributed by atoms with E-state index >= 15 is 0 Å². The van der Waals surface area contributed by atoms with E-state index in [1.807, 2.05) is 6.20 Å². The van der Waals surface area contributed by atoms with Gasteiger partial charge in [-0.25, -0.2) is 4.98 Å². The quantitative estimate of drug-likeness (QED) is 0.607. The zero-order valence-electron chi connectivity index (χ0n) is 8.34. The Morgan fingerprint density at radius 1 is 1.27 bits per heavy atom. The van der Waals surface area contributed by atoms with Gasteiger partial charge >= 0.3 is 0 Å². The van der Waals surface area contributed by atoms with Gasteiger partial charge in [0.25, 0.3) is 0 Å². The van der Waals surface area contributed by atoms with Crippen LogP contribution in [-0.4, -0.2) is 9.38 Å². The van der Waals surface area contributed by atoms with E-state index in [4.69, 9.17) is 0 Å². The number of thiophene rings is 1. The van der Waals surface area contributed by atoms with Crippen LogP contribution in [0.1, 0.15) is 5.69 Å². The first-order valence-electron chi connectivity index (χ1n) is 4.82. The van der Waals surface area contributed by atoms with Gasteiger partial charge in [0.1, 0.15) is 5.65 Å². The molecule has 3 heterocycles. The SMILES string of the molecule is Cc1cnc2ccc(-c3cccs3)cn12. The van der Waals surface area contributed by atoms with Crippen LogP contribution in [0.5, 0.6) is 0 Å². The summed E-state index contributed by atoms with van der Waals surface area (Å²) in [5.41, 5.74) is 3.43. The summed E-state index contributed by atoms with van der Waals surface area (Å²) in [5.74, 6) is 0. The molecule has 3 aromatic rings. The topological polar surface area (TPSA) is 17.3 Å². The van der Waals surface area contributed by atoms with Crippen molar-refractivity contribution in [1.29, 1.82) is 0 Å². The molecule has 0 amide bonds. The van der Waals surface area contributed by atoms with Crippen LogP contribution < -0.4 is 0 Å². The number of aromatic nitrogens is 2. The molecule has 3 aromatic heterocycles. The highest BCUT2D eigenvalue weighted by Gasteiger charge is 2.02. The summed E-state index contributed by atoms with van der Waals surface area (Å²) in [4.78, 5) is 5.60. The third-order valence-corrected chi connectivity index (χ3v) is 3.42. The zero-order valence-corrected chi connectivity index (χ0v) is 9.16. The molecule has 0 aliphatic heterocycles. The summed E-state index contributed by atoms with van der Waals surface area (Å²) in [5, 5.41) is 2.10. The maximum Gasteiger partial charge on any atom is 0.136 e. The molecule has 2 nitrogen and oxygen atoms in total. The molecule has 0 N–H and O–H groups in total. The Morgan fingerprint density at radius 3 is 3.00 bits per heavy atom. The first-order chi connectivity index (χ1) is 7.34. The minimum absolute atomic E-state index is 1.01. The number of nitrogens with zero attached hydrogens (tertiary/aromatic N) is 2. The Labute approximate surface area is 91.8 Å². The van der Waals surface area contributed by atoms with E-state index < -0.39 is 0 Å². The Kier molecular flexibility index (Phi) is 1.86. The molecular formula is C12H10N2S. The highest BCUT2D eigenvalue weighted by molar-refractivity contribution is 7.13. The second-order valence-corrected chi connectivity index (χ2v) is 4.47. The lowest BCUT2D eigenvalue weighted by Crippen LogP contribution is -1.87. The Morgan fingerprint density at radius 2 is 2.20 bits per heavy atom. The van der Waals surface area contributed by atoms with Crippen molar-refractivity contribution in [2.24, 2.45) is 0 Å². The molecule has 15 heavy (non-hydrogen) atoms. The van der Waals surface area contributed by atoms with E-state index in [9.17, 15) is 0 Å². The standard InChI is InChI=1S/C12H10N2S/c1-9-7-13-12-5-4-10(8-14(9)12)11-3-2-6-15-11/h2-8H,1H3. The van der Waals surface area contributed by atoms with E-state index in [1.165, 1.54) is 16.1 Å². The average Bonchev–Trinajstić information content (AvgIpc) is 2.88. The summed E-state index contributed by atoms with van der Waals surface area (Å²) < 4.78 is 2.12. The minimum atomic E-state index is 1.01. The molecular weight excluding hydrogens is 204 g/mol. The van der Waals surface area contributed by atoms with Gasteiger partial charge in [-0.3, -0.25) is 0 Å². The Bertz CT molecular complexity index is 593. The van der Waals surface area contributed by atoms with Gasteiger partial charge in [-0.1, -0.05) is 6.07 Å². The second-order valence-electron chi connectivity index (χ2n) is 3.52. The fourth-order valence-corrected chi connectivity index (χ4v) is 2.41. The van der Waals surface area contributed by atoms with Gasteiger partial charge in [-0.2, -0.15) is 0 Å². The molecule has 0 aromatic carbocycles. The van der Waals surface area contributed by atoms with Crippen molar-refractivity contribution in [3.05, 3.63) is 47.7 Å². The number of hydrogen-bond donors (Lipinski definition) is 0. The first-order valence-corrected chi connectivity index (χ1v) is 5.70. The van der Waals surface area contributed by atoms with Gasteiger partial charge in [-0.05, 0) is 30.5 Å². The molecule has 0 aliphatic rings. The number of imidazole rings is 1. The molecule has 0 saturated heterocycles. The highest BCUT2D eigenvalue weighted by Crippen LogP contribution is 2.24. The maximum atomic E-state index is 4.31. The number of hydrogen-bond acceptors (Lipinski definition) is 2. The summed E-state index contributed by atoms with van der Waals surface area (Å²) in [6.45, 7) is 2.07. The van der Waals surface area contributed by atoms with Gasteiger partial charge in [0.05, 0.1) is 0 Å². The number of aryl methyl sites for hydroxylation is 1. The minimum Gasteiger partial charge on any atom is -0.304 e. The predicted molar refractivity (Wildman–Crippen MR) is 63.2 cm³/mol. The summed E-state index contributed by atoms with van der Waals surface area (Å²) in [6, 6.07) is 8.39. The highest BCUT2D eigenvalue weighted by atomic mass is 32.1. The van der Waals surface area contributed by atoms with Crippen molar-refractivity contribution >= 4 is 17.0 Å². The second kappa shape index (κ2) is 3.21. The third-order valence-electron chi connectivity index (χ3n) is 2.50. The van der Waals surface area contributed by atoms with Gasteiger partial charge in [0, 0.05) is 28.5 Å². The Balaban J connectivity index is 2.25. The molecule has 3 rings (SSSR count). The van der Waals surface area contributed by atoms with E-state index in [-0.39, 0.29) is 0 Å². The van der Waals surface area contributed by atoms with Crippen LogP contribution >= 0.6 is 11.3 Å². The van der Waals surface area contributed by atoms with Crippen LogP contribution in [-0.2, 0) is 0 Å². The molecule has 0 spiro atoms.